The number of aliphatic hydroxyl groups excluding tert-OH is 1. The topological polar surface area (TPSA) is 20.2 Å². The summed E-state index contributed by atoms with van der Waals surface area (Å²) in [6.45, 7) is 6.85. The Morgan fingerprint density at radius 2 is 1.39 bits per heavy atom. The van der Waals surface area contributed by atoms with Gasteiger partial charge >= 0.3 is 0 Å². The molecule has 0 saturated carbocycles. The molecule has 0 fully saturated rings. The fourth-order valence-electron chi connectivity index (χ4n) is 2.44. The lowest BCUT2D eigenvalue weighted by Gasteiger charge is -2.35. The van der Waals surface area contributed by atoms with Gasteiger partial charge in [0.2, 0.25) is 0 Å². The average Bonchev–Trinajstić information content (AvgIpc) is 2.35. The van der Waals surface area contributed by atoms with E-state index in [1.165, 1.54) is 38.5 Å². The quantitative estimate of drug-likeness (QED) is 0.410. The monoisotopic (exact) mass is 296 g/mol. The summed E-state index contributed by atoms with van der Waals surface area (Å²) in [4.78, 5) is -0.157. The van der Waals surface area contributed by atoms with Crippen molar-refractivity contribution in [3.05, 3.63) is 0 Å². The van der Waals surface area contributed by atoms with Crippen molar-refractivity contribution in [3.63, 3.8) is 0 Å². The summed E-state index contributed by atoms with van der Waals surface area (Å²) in [5.74, 6) is 0.280. The second-order valence-corrected chi connectivity index (χ2v) is 6.02. The van der Waals surface area contributed by atoms with Crippen molar-refractivity contribution in [3.8, 4) is 0 Å². The molecule has 112 valence electrons. The van der Waals surface area contributed by atoms with Crippen molar-refractivity contribution >= 4 is 21.5 Å². The molecular weight excluding hydrogens is 263 g/mol. The minimum Gasteiger partial charge on any atom is -0.396 e. The van der Waals surface area contributed by atoms with Gasteiger partial charge < -0.3 is 5.11 Å². The van der Waals surface area contributed by atoms with Gasteiger partial charge in [0, 0.05) is 17.4 Å². The Balaban J connectivity index is 0. The van der Waals surface area contributed by atoms with Crippen LogP contribution in [0.15, 0.2) is 0 Å². The third kappa shape index (κ3) is 7.97. The third-order valence-corrected chi connectivity index (χ3v) is 4.44. The fourth-order valence-corrected chi connectivity index (χ4v) is 2.88. The van der Waals surface area contributed by atoms with E-state index in [9.17, 15) is 5.11 Å². The normalized spacial score (nSPS) is 13.2. The molecule has 0 aromatic carbocycles. The predicted octanol–water partition coefficient (Wildman–Crippen LogP) is 5.20. The van der Waals surface area contributed by atoms with Crippen LogP contribution in [0.5, 0.6) is 0 Å². The SMILES string of the molecule is CCCCC(CO)C(Cl)(CCCC)CCCC.P. The molecule has 18 heavy (non-hydrogen) atoms. The van der Waals surface area contributed by atoms with Crippen LogP contribution >= 0.6 is 21.5 Å². The average molecular weight is 297 g/mol. The van der Waals surface area contributed by atoms with E-state index >= 15 is 0 Å². The van der Waals surface area contributed by atoms with Crippen molar-refractivity contribution in [2.45, 2.75) is 83.4 Å². The highest BCUT2D eigenvalue weighted by Gasteiger charge is 2.34. The maximum absolute atomic E-state index is 9.60. The minimum absolute atomic E-state index is 0. The molecule has 1 nitrogen and oxygen atoms in total. The van der Waals surface area contributed by atoms with E-state index in [1.807, 2.05) is 0 Å². The van der Waals surface area contributed by atoms with Gasteiger partial charge in [0.15, 0.2) is 0 Å². The maximum Gasteiger partial charge on any atom is 0.0496 e. The van der Waals surface area contributed by atoms with Crippen molar-refractivity contribution in [1.29, 1.82) is 0 Å². The Morgan fingerprint density at radius 3 is 1.72 bits per heavy atom. The van der Waals surface area contributed by atoms with E-state index in [0.29, 0.717) is 0 Å². The van der Waals surface area contributed by atoms with Gasteiger partial charge in [-0.15, -0.1) is 11.6 Å². The number of rotatable bonds is 11. The molecule has 1 N–H and O–H groups in total. The van der Waals surface area contributed by atoms with Crippen LogP contribution in [0.3, 0.4) is 0 Å². The molecule has 0 saturated heterocycles. The summed E-state index contributed by atoms with van der Waals surface area (Å²) < 4.78 is 0. The molecule has 2 unspecified atom stereocenters. The van der Waals surface area contributed by atoms with E-state index in [0.717, 1.165) is 19.3 Å². The van der Waals surface area contributed by atoms with Crippen molar-refractivity contribution < 1.29 is 5.11 Å². The first kappa shape index (κ1) is 21.0. The van der Waals surface area contributed by atoms with E-state index in [4.69, 9.17) is 11.6 Å². The van der Waals surface area contributed by atoms with Gasteiger partial charge in [0.1, 0.15) is 0 Å². The Labute approximate surface area is 123 Å². The number of aliphatic hydroxyl groups is 1. The van der Waals surface area contributed by atoms with Gasteiger partial charge in [0.25, 0.3) is 0 Å². The molecule has 0 bridgehead atoms. The third-order valence-electron chi connectivity index (χ3n) is 3.75. The van der Waals surface area contributed by atoms with Crippen molar-refractivity contribution in [2.75, 3.05) is 6.61 Å². The van der Waals surface area contributed by atoms with Gasteiger partial charge in [-0.3, -0.25) is 0 Å². The molecule has 0 spiro atoms. The van der Waals surface area contributed by atoms with Crippen molar-refractivity contribution in [2.24, 2.45) is 5.92 Å². The summed E-state index contributed by atoms with van der Waals surface area (Å²) in [5.41, 5.74) is 0. The molecule has 3 heteroatoms. The second kappa shape index (κ2) is 12.7. The van der Waals surface area contributed by atoms with Gasteiger partial charge in [-0.1, -0.05) is 59.3 Å². The molecule has 0 aliphatic rings. The molecule has 0 heterocycles. The molecule has 0 aliphatic heterocycles. The standard InChI is InChI=1S/C15H31ClO.H3P/c1-4-7-10-14(13-17)15(16,11-8-5-2)12-9-6-3;/h14,17H,4-13H2,1-3H3;1H3. The first-order chi connectivity index (χ1) is 8.14. The summed E-state index contributed by atoms with van der Waals surface area (Å²) in [6.07, 6.45) is 10.3. The lowest BCUT2D eigenvalue weighted by atomic mass is 9.80. The predicted molar refractivity (Wildman–Crippen MR) is 88.8 cm³/mol. The summed E-state index contributed by atoms with van der Waals surface area (Å²) in [5, 5.41) is 9.60. The Hall–Kier alpha value is 0.680. The lowest BCUT2D eigenvalue weighted by Crippen LogP contribution is -2.34. The van der Waals surface area contributed by atoms with Crippen LogP contribution in [0.4, 0.5) is 0 Å². The highest BCUT2D eigenvalue weighted by atomic mass is 35.5. The molecule has 0 rings (SSSR count). The van der Waals surface area contributed by atoms with Crippen LogP contribution in [0.25, 0.3) is 0 Å². The molecular formula is C15H34ClOP. The first-order valence-electron chi connectivity index (χ1n) is 7.44. The van der Waals surface area contributed by atoms with E-state index in [1.54, 1.807) is 0 Å². The Morgan fingerprint density at radius 1 is 0.944 bits per heavy atom. The number of hydrogen-bond acceptors (Lipinski definition) is 1. The smallest absolute Gasteiger partial charge is 0.0496 e. The van der Waals surface area contributed by atoms with Crippen LogP contribution in [-0.2, 0) is 0 Å². The zero-order chi connectivity index (χ0) is 13.1. The molecule has 2 atom stereocenters. The van der Waals surface area contributed by atoms with E-state index < -0.39 is 0 Å². The number of alkyl halides is 1. The molecule has 0 amide bonds. The van der Waals surface area contributed by atoms with Crippen LogP contribution in [0, 0.1) is 5.92 Å². The van der Waals surface area contributed by atoms with Gasteiger partial charge in [0.05, 0.1) is 0 Å². The Kier molecular flexibility index (Phi) is 14.8. The number of halogens is 1. The highest BCUT2D eigenvalue weighted by molar-refractivity contribution is 6.92. The van der Waals surface area contributed by atoms with Crippen LogP contribution < -0.4 is 0 Å². The fraction of sp³-hybridized carbons (Fsp3) is 1.00. The Bertz CT molecular complexity index is 168. The summed E-state index contributed by atoms with van der Waals surface area (Å²) >= 11 is 6.84. The molecule has 0 aromatic rings. The van der Waals surface area contributed by atoms with Gasteiger partial charge in [-0.25, -0.2) is 0 Å². The zero-order valence-corrected chi connectivity index (χ0v) is 14.9. The number of hydrogen-bond donors (Lipinski definition) is 1. The summed E-state index contributed by atoms with van der Waals surface area (Å²) in [6, 6.07) is 0. The van der Waals surface area contributed by atoms with Crippen molar-refractivity contribution in [1.82, 2.24) is 0 Å². The largest absolute Gasteiger partial charge is 0.396 e. The van der Waals surface area contributed by atoms with Gasteiger partial charge in [-0.2, -0.15) is 9.90 Å². The van der Waals surface area contributed by atoms with Crippen LogP contribution in [-0.4, -0.2) is 16.6 Å². The molecule has 0 aromatic heterocycles. The van der Waals surface area contributed by atoms with E-state index in [-0.39, 0.29) is 27.3 Å². The highest BCUT2D eigenvalue weighted by Crippen LogP contribution is 2.38. The second-order valence-electron chi connectivity index (χ2n) is 5.26. The summed E-state index contributed by atoms with van der Waals surface area (Å²) in [7, 11) is 0. The van der Waals surface area contributed by atoms with E-state index in [2.05, 4.69) is 20.8 Å². The maximum atomic E-state index is 9.60. The lowest BCUT2D eigenvalue weighted by molar-refractivity contribution is 0.164. The molecule has 0 aliphatic carbocycles. The first-order valence-corrected chi connectivity index (χ1v) is 7.82. The van der Waals surface area contributed by atoms with Gasteiger partial charge in [-0.05, 0) is 19.3 Å². The van der Waals surface area contributed by atoms with Crippen LogP contribution in [0.2, 0.25) is 0 Å². The molecule has 0 radical (unpaired) electrons. The zero-order valence-electron chi connectivity index (χ0n) is 12.7. The van der Waals surface area contributed by atoms with Crippen LogP contribution in [0.1, 0.15) is 78.6 Å². The minimum atomic E-state index is -0.157. The number of unbranched alkanes of at least 4 members (excludes halogenated alkanes) is 3.